The zero-order valence-electron chi connectivity index (χ0n) is 12.5. The maximum atomic E-state index is 12.0. The molecule has 112 valence electrons. The Kier molecular flexibility index (Phi) is 4.43. The Balaban J connectivity index is 1.96. The number of aromatic nitrogens is 1. The van der Waals surface area contributed by atoms with Crippen LogP contribution in [0.3, 0.4) is 0 Å². The van der Waals surface area contributed by atoms with Crippen LogP contribution >= 0.6 is 0 Å². The molecule has 5 heteroatoms. The van der Waals surface area contributed by atoms with Gasteiger partial charge < -0.3 is 14.9 Å². The smallest absolute Gasteiger partial charge is 0.223 e. The molecule has 0 bridgehead atoms. The third kappa shape index (κ3) is 3.70. The van der Waals surface area contributed by atoms with Gasteiger partial charge in [-0.2, -0.15) is 0 Å². The first-order valence-electron chi connectivity index (χ1n) is 6.86. The minimum atomic E-state index is -1.19. The van der Waals surface area contributed by atoms with E-state index in [4.69, 9.17) is 4.52 Å². The first-order chi connectivity index (χ1) is 9.90. The predicted octanol–water partition coefficient (Wildman–Crippen LogP) is 2.21. The number of rotatable bonds is 5. The highest BCUT2D eigenvalue weighted by Gasteiger charge is 2.26. The van der Waals surface area contributed by atoms with Gasteiger partial charge in [0.1, 0.15) is 5.76 Å². The van der Waals surface area contributed by atoms with Crippen LogP contribution in [-0.4, -0.2) is 16.2 Å². The second-order valence-corrected chi connectivity index (χ2v) is 5.40. The lowest BCUT2D eigenvalue weighted by molar-refractivity contribution is -0.126. The van der Waals surface area contributed by atoms with Gasteiger partial charge in [-0.05, 0) is 26.3 Å². The summed E-state index contributed by atoms with van der Waals surface area (Å²) in [7, 11) is 0. The van der Waals surface area contributed by atoms with Crippen LogP contribution in [0.15, 0.2) is 34.9 Å². The number of aliphatic hydroxyl groups is 1. The lowest BCUT2D eigenvalue weighted by atomic mass is 9.92. The average molecular weight is 288 g/mol. The molecule has 0 saturated carbocycles. The van der Waals surface area contributed by atoms with Gasteiger partial charge in [0, 0.05) is 12.1 Å². The van der Waals surface area contributed by atoms with E-state index in [1.165, 1.54) is 0 Å². The fraction of sp³-hybridized carbons (Fsp3) is 0.375. The second-order valence-electron chi connectivity index (χ2n) is 5.40. The molecule has 0 aliphatic heterocycles. The van der Waals surface area contributed by atoms with E-state index >= 15 is 0 Å². The molecule has 0 fully saturated rings. The van der Waals surface area contributed by atoms with E-state index in [1.54, 1.807) is 6.92 Å². The first-order valence-corrected chi connectivity index (χ1v) is 6.86. The zero-order chi connectivity index (χ0) is 15.5. The maximum Gasteiger partial charge on any atom is 0.223 e. The van der Waals surface area contributed by atoms with Crippen LogP contribution in [0.2, 0.25) is 0 Å². The Hall–Kier alpha value is -2.14. The molecule has 1 aromatic heterocycles. The highest BCUT2D eigenvalue weighted by molar-refractivity contribution is 5.77. The molecule has 1 aromatic carbocycles. The number of benzene rings is 1. The summed E-state index contributed by atoms with van der Waals surface area (Å²) in [5.41, 5.74) is 1.17. The average Bonchev–Trinajstić information content (AvgIpc) is 2.76. The third-order valence-electron chi connectivity index (χ3n) is 3.54. The van der Waals surface area contributed by atoms with E-state index in [1.807, 2.05) is 44.2 Å². The van der Waals surface area contributed by atoms with Crippen molar-refractivity contribution in [3.8, 4) is 0 Å². The second kappa shape index (κ2) is 6.10. The molecule has 0 radical (unpaired) electrons. The summed E-state index contributed by atoms with van der Waals surface area (Å²) in [6, 6.07) is 9.16. The van der Waals surface area contributed by atoms with Crippen LogP contribution in [-0.2, 0) is 16.9 Å². The van der Waals surface area contributed by atoms with Crippen molar-refractivity contribution in [1.82, 2.24) is 10.5 Å². The number of nitrogens with one attached hydrogen (secondary N) is 1. The molecule has 2 N–H and O–H groups in total. The quantitative estimate of drug-likeness (QED) is 0.884. The predicted molar refractivity (Wildman–Crippen MR) is 78.5 cm³/mol. The molecule has 2 rings (SSSR count). The van der Waals surface area contributed by atoms with Crippen molar-refractivity contribution in [2.24, 2.45) is 0 Å². The molecule has 0 aliphatic rings. The van der Waals surface area contributed by atoms with Gasteiger partial charge in [0.15, 0.2) is 0 Å². The SMILES string of the molecule is Cc1noc(C)c1CNC(=O)CC(C)(O)c1ccccc1. The largest absolute Gasteiger partial charge is 0.385 e. The van der Waals surface area contributed by atoms with Gasteiger partial charge in [-0.15, -0.1) is 0 Å². The van der Waals surface area contributed by atoms with E-state index in [9.17, 15) is 9.90 Å². The fourth-order valence-corrected chi connectivity index (χ4v) is 2.22. The van der Waals surface area contributed by atoms with Gasteiger partial charge in [-0.1, -0.05) is 35.5 Å². The van der Waals surface area contributed by atoms with Crippen LogP contribution < -0.4 is 5.32 Å². The van der Waals surface area contributed by atoms with Crippen LogP contribution in [0, 0.1) is 13.8 Å². The highest BCUT2D eigenvalue weighted by Crippen LogP contribution is 2.24. The molecule has 0 saturated heterocycles. The van der Waals surface area contributed by atoms with E-state index in [0.29, 0.717) is 12.3 Å². The summed E-state index contributed by atoms with van der Waals surface area (Å²) in [5.74, 6) is 0.478. The molecule has 1 amide bonds. The van der Waals surface area contributed by atoms with Crippen LogP contribution in [0.5, 0.6) is 0 Å². The van der Waals surface area contributed by atoms with Gasteiger partial charge in [0.2, 0.25) is 5.91 Å². The minimum Gasteiger partial charge on any atom is -0.385 e. The number of hydrogen-bond acceptors (Lipinski definition) is 4. The topological polar surface area (TPSA) is 75.4 Å². The molecule has 21 heavy (non-hydrogen) atoms. The standard InChI is InChI=1S/C16H20N2O3/c1-11-14(12(2)21-18-11)10-17-15(19)9-16(3,20)13-7-5-4-6-8-13/h4-8,20H,9-10H2,1-3H3,(H,17,19). The highest BCUT2D eigenvalue weighted by atomic mass is 16.5. The Morgan fingerprint density at radius 2 is 2.00 bits per heavy atom. The lowest BCUT2D eigenvalue weighted by Gasteiger charge is -2.23. The molecule has 5 nitrogen and oxygen atoms in total. The van der Waals surface area contributed by atoms with Crippen LogP contribution in [0.4, 0.5) is 0 Å². The number of carbonyl (C=O) groups excluding carboxylic acids is 1. The molecule has 1 heterocycles. The monoisotopic (exact) mass is 288 g/mol. The molecule has 0 spiro atoms. The van der Waals surface area contributed by atoms with Gasteiger partial charge in [-0.3, -0.25) is 4.79 Å². The van der Waals surface area contributed by atoms with Crippen molar-refractivity contribution < 1.29 is 14.4 Å². The fourth-order valence-electron chi connectivity index (χ4n) is 2.22. The van der Waals surface area contributed by atoms with Crippen molar-refractivity contribution in [3.05, 3.63) is 52.9 Å². The van der Waals surface area contributed by atoms with Gasteiger partial charge in [0.25, 0.3) is 0 Å². The van der Waals surface area contributed by atoms with E-state index in [-0.39, 0.29) is 12.3 Å². The Morgan fingerprint density at radius 3 is 2.57 bits per heavy atom. The molecule has 0 aliphatic carbocycles. The summed E-state index contributed by atoms with van der Waals surface area (Å²) in [5, 5.41) is 17.1. The Bertz CT molecular complexity index is 598. The van der Waals surface area contributed by atoms with Gasteiger partial charge in [0.05, 0.1) is 17.7 Å². The maximum absolute atomic E-state index is 12.0. The molecule has 1 atom stereocenters. The van der Waals surface area contributed by atoms with E-state index in [2.05, 4.69) is 10.5 Å². The number of carbonyl (C=O) groups is 1. The van der Waals surface area contributed by atoms with Gasteiger partial charge >= 0.3 is 0 Å². The third-order valence-corrected chi connectivity index (χ3v) is 3.54. The summed E-state index contributed by atoms with van der Waals surface area (Å²) in [6.45, 7) is 5.63. The first kappa shape index (κ1) is 15.3. The number of aryl methyl sites for hydroxylation is 2. The van der Waals surface area contributed by atoms with Crippen LogP contribution in [0.25, 0.3) is 0 Å². The van der Waals surface area contributed by atoms with E-state index < -0.39 is 5.60 Å². The Labute approximate surface area is 124 Å². The van der Waals surface area contributed by atoms with Crippen molar-refractivity contribution >= 4 is 5.91 Å². The van der Waals surface area contributed by atoms with Crippen molar-refractivity contribution in [2.45, 2.75) is 39.3 Å². The Morgan fingerprint density at radius 1 is 1.33 bits per heavy atom. The van der Waals surface area contributed by atoms with Crippen molar-refractivity contribution in [3.63, 3.8) is 0 Å². The normalized spacial score (nSPS) is 13.7. The number of hydrogen-bond donors (Lipinski definition) is 2. The zero-order valence-corrected chi connectivity index (χ0v) is 12.5. The summed E-state index contributed by atoms with van der Waals surface area (Å²) < 4.78 is 5.05. The van der Waals surface area contributed by atoms with Crippen molar-refractivity contribution in [2.75, 3.05) is 0 Å². The molecular weight excluding hydrogens is 268 g/mol. The van der Waals surface area contributed by atoms with Crippen LogP contribution in [0.1, 0.15) is 35.9 Å². The van der Waals surface area contributed by atoms with Crippen molar-refractivity contribution in [1.29, 1.82) is 0 Å². The molecule has 1 unspecified atom stereocenters. The minimum absolute atomic E-state index is 0.000385. The number of amides is 1. The van der Waals surface area contributed by atoms with E-state index in [0.717, 1.165) is 16.8 Å². The molecule has 2 aromatic rings. The molecular formula is C16H20N2O3. The summed E-state index contributed by atoms with van der Waals surface area (Å²) in [6.07, 6.45) is 0.000385. The number of nitrogens with zero attached hydrogens (tertiary/aromatic N) is 1. The van der Waals surface area contributed by atoms with Gasteiger partial charge in [-0.25, -0.2) is 0 Å². The lowest BCUT2D eigenvalue weighted by Crippen LogP contribution is -2.32. The summed E-state index contributed by atoms with van der Waals surface area (Å²) >= 11 is 0. The summed E-state index contributed by atoms with van der Waals surface area (Å²) in [4.78, 5) is 12.0.